The van der Waals surface area contributed by atoms with Gasteiger partial charge in [-0.1, -0.05) is 24.3 Å². The Kier molecular flexibility index (Phi) is 5.87. The number of para-hydroxylation sites is 1. The fraction of sp³-hybridized carbons (Fsp3) is 0.364. The average Bonchev–Trinajstić information content (AvgIpc) is 3.14. The average molecular weight is 396 g/mol. The van der Waals surface area contributed by atoms with E-state index < -0.39 is 0 Å². The molecule has 0 saturated carbocycles. The molecule has 2 aromatic rings. The predicted octanol–water partition coefficient (Wildman–Crippen LogP) is 1.97. The van der Waals surface area contributed by atoms with Crippen molar-refractivity contribution in [3.8, 4) is 0 Å². The van der Waals surface area contributed by atoms with Crippen molar-refractivity contribution in [2.75, 3.05) is 56.0 Å². The quantitative estimate of drug-likeness (QED) is 0.840. The Morgan fingerprint density at radius 3 is 2.38 bits per heavy atom. The molecular weight excluding hydrogens is 371 g/mol. The highest BCUT2D eigenvalue weighted by molar-refractivity contribution is 5.96. The molecule has 7 heteroatoms. The number of carbonyl (C=O) groups excluding carboxylic acids is 2. The zero-order valence-electron chi connectivity index (χ0n) is 16.3. The molecule has 1 fully saturated rings. The summed E-state index contributed by atoms with van der Waals surface area (Å²) < 4.78 is 13.2. The number of nitrogens with zero attached hydrogens (tertiary/aromatic N) is 3. The van der Waals surface area contributed by atoms with Crippen LogP contribution in [-0.2, 0) is 16.0 Å². The first kappa shape index (κ1) is 19.5. The van der Waals surface area contributed by atoms with Gasteiger partial charge in [0.2, 0.25) is 11.8 Å². The second-order valence-corrected chi connectivity index (χ2v) is 7.53. The van der Waals surface area contributed by atoms with Gasteiger partial charge in [0.1, 0.15) is 5.82 Å². The van der Waals surface area contributed by atoms with Crippen LogP contribution in [0.3, 0.4) is 0 Å². The second-order valence-electron chi connectivity index (χ2n) is 7.53. The third-order valence-corrected chi connectivity index (χ3v) is 5.49. The number of rotatable bonds is 5. The molecule has 0 spiro atoms. The lowest BCUT2D eigenvalue weighted by molar-refractivity contribution is -0.121. The molecule has 2 aliphatic rings. The number of halogens is 1. The molecule has 0 aromatic heterocycles. The highest BCUT2D eigenvalue weighted by Gasteiger charge is 2.27. The first-order valence-corrected chi connectivity index (χ1v) is 9.97. The van der Waals surface area contributed by atoms with Crippen LogP contribution in [0.4, 0.5) is 15.8 Å². The van der Waals surface area contributed by atoms with Crippen molar-refractivity contribution < 1.29 is 14.0 Å². The molecule has 152 valence electrons. The van der Waals surface area contributed by atoms with E-state index in [0.29, 0.717) is 12.2 Å². The van der Waals surface area contributed by atoms with Crippen molar-refractivity contribution in [2.45, 2.75) is 6.42 Å². The van der Waals surface area contributed by atoms with Gasteiger partial charge in [0.25, 0.3) is 0 Å². The van der Waals surface area contributed by atoms with Crippen LogP contribution < -0.4 is 10.2 Å². The first-order valence-electron chi connectivity index (χ1n) is 9.97. The van der Waals surface area contributed by atoms with Gasteiger partial charge in [-0.2, -0.15) is 0 Å². The number of benzene rings is 2. The summed E-state index contributed by atoms with van der Waals surface area (Å²) in [5.74, 6) is -0.400. The molecule has 1 saturated heterocycles. The van der Waals surface area contributed by atoms with Crippen LogP contribution in [0.2, 0.25) is 0 Å². The van der Waals surface area contributed by atoms with Gasteiger partial charge in [0.05, 0.1) is 13.1 Å². The minimum atomic E-state index is -0.373. The molecule has 0 unspecified atom stereocenters. The van der Waals surface area contributed by atoms with Crippen LogP contribution in [0.15, 0.2) is 48.5 Å². The molecule has 0 bridgehead atoms. The summed E-state index contributed by atoms with van der Waals surface area (Å²) in [7, 11) is 0. The topological polar surface area (TPSA) is 55.9 Å². The van der Waals surface area contributed by atoms with Crippen LogP contribution in [-0.4, -0.2) is 67.4 Å². The van der Waals surface area contributed by atoms with E-state index in [1.807, 2.05) is 23.1 Å². The number of piperazine rings is 1. The maximum Gasteiger partial charge on any atom is 0.241 e. The van der Waals surface area contributed by atoms with Crippen LogP contribution in [0.5, 0.6) is 0 Å². The molecular formula is C22H25FN4O2. The fourth-order valence-electron chi connectivity index (χ4n) is 3.95. The van der Waals surface area contributed by atoms with Crippen molar-refractivity contribution in [2.24, 2.45) is 0 Å². The second kappa shape index (κ2) is 8.71. The van der Waals surface area contributed by atoms with Crippen molar-refractivity contribution in [3.05, 3.63) is 59.9 Å². The summed E-state index contributed by atoms with van der Waals surface area (Å²) in [4.78, 5) is 31.0. The molecule has 0 radical (unpaired) electrons. The number of anilines is 2. The van der Waals surface area contributed by atoms with Gasteiger partial charge < -0.3 is 10.2 Å². The van der Waals surface area contributed by atoms with Gasteiger partial charge in [0.15, 0.2) is 0 Å². The van der Waals surface area contributed by atoms with E-state index in [1.165, 1.54) is 17.7 Å². The Morgan fingerprint density at radius 1 is 0.897 bits per heavy atom. The zero-order valence-corrected chi connectivity index (χ0v) is 16.3. The normalized spacial score (nSPS) is 17.2. The van der Waals surface area contributed by atoms with Crippen LogP contribution in [0, 0.1) is 5.82 Å². The zero-order chi connectivity index (χ0) is 20.2. The molecule has 6 nitrogen and oxygen atoms in total. The van der Waals surface area contributed by atoms with Crippen LogP contribution >= 0.6 is 0 Å². The van der Waals surface area contributed by atoms with E-state index in [-0.39, 0.29) is 24.2 Å². The molecule has 2 aliphatic heterocycles. The van der Waals surface area contributed by atoms with Crippen LogP contribution in [0.1, 0.15) is 5.56 Å². The SMILES string of the molecule is O=C(CN1CCN(CC(=O)N2CCc3ccccc32)CC1)Nc1cccc(F)c1. The van der Waals surface area contributed by atoms with E-state index in [0.717, 1.165) is 44.8 Å². The van der Waals surface area contributed by atoms with Gasteiger partial charge in [-0.3, -0.25) is 19.4 Å². The lowest BCUT2D eigenvalue weighted by Crippen LogP contribution is -2.51. The molecule has 0 atom stereocenters. The maximum atomic E-state index is 13.2. The highest BCUT2D eigenvalue weighted by Crippen LogP contribution is 2.27. The Labute approximate surface area is 169 Å². The summed E-state index contributed by atoms with van der Waals surface area (Å²) in [5, 5.41) is 2.72. The lowest BCUT2D eigenvalue weighted by atomic mass is 10.2. The molecule has 4 rings (SSSR count). The Balaban J connectivity index is 1.22. The largest absolute Gasteiger partial charge is 0.325 e. The molecule has 1 N–H and O–H groups in total. The summed E-state index contributed by atoms with van der Waals surface area (Å²) in [5.41, 5.74) is 2.73. The third kappa shape index (κ3) is 4.81. The minimum absolute atomic E-state index is 0.132. The van der Waals surface area contributed by atoms with E-state index in [1.54, 1.807) is 12.1 Å². The van der Waals surface area contributed by atoms with Gasteiger partial charge in [0, 0.05) is 44.1 Å². The summed E-state index contributed by atoms with van der Waals surface area (Å²) >= 11 is 0. The minimum Gasteiger partial charge on any atom is -0.325 e. The molecule has 29 heavy (non-hydrogen) atoms. The third-order valence-electron chi connectivity index (χ3n) is 5.49. The maximum absolute atomic E-state index is 13.2. The Hall–Kier alpha value is -2.77. The summed E-state index contributed by atoms with van der Waals surface area (Å²) in [6, 6.07) is 14.0. The smallest absolute Gasteiger partial charge is 0.241 e. The number of amides is 2. The van der Waals surface area contributed by atoms with E-state index >= 15 is 0 Å². The first-order chi connectivity index (χ1) is 14.1. The molecule has 0 aliphatic carbocycles. The number of nitrogens with one attached hydrogen (secondary N) is 1. The van der Waals surface area contributed by atoms with Crippen LogP contribution in [0.25, 0.3) is 0 Å². The monoisotopic (exact) mass is 396 g/mol. The van der Waals surface area contributed by atoms with E-state index in [9.17, 15) is 14.0 Å². The number of hydrogen-bond donors (Lipinski definition) is 1. The van der Waals surface area contributed by atoms with Crippen molar-refractivity contribution in [1.29, 1.82) is 0 Å². The van der Waals surface area contributed by atoms with Crippen molar-refractivity contribution in [3.63, 3.8) is 0 Å². The number of carbonyl (C=O) groups is 2. The van der Waals surface area contributed by atoms with Gasteiger partial charge in [-0.25, -0.2) is 4.39 Å². The lowest BCUT2D eigenvalue weighted by Gasteiger charge is -2.34. The molecule has 2 aromatic carbocycles. The van der Waals surface area contributed by atoms with Crippen molar-refractivity contribution in [1.82, 2.24) is 9.80 Å². The number of fused-ring (bicyclic) bond motifs is 1. The molecule has 2 amide bonds. The Bertz CT molecular complexity index is 896. The van der Waals surface area contributed by atoms with Gasteiger partial charge >= 0.3 is 0 Å². The predicted molar refractivity (Wildman–Crippen MR) is 110 cm³/mol. The van der Waals surface area contributed by atoms with E-state index in [2.05, 4.69) is 21.2 Å². The Morgan fingerprint density at radius 2 is 1.62 bits per heavy atom. The van der Waals surface area contributed by atoms with Crippen molar-refractivity contribution >= 4 is 23.2 Å². The number of hydrogen-bond acceptors (Lipinski definition) is 4. The van der Waals surface area contributed by atoms with Gasteiger partial charge in [-0.15, -0.1) is 0 Å². The standard InChI is InChI=1S/C22H25FN4O2/c23-18-5-3-6-19(14-18)24-21(28)15-25-10-12-26(13-11-25)16-22(29)27-9-8-17-4-1-2-7-20(17)27/h1-7,14H,8-13,15-16H2,(H,24,28). The summed E-state index contributed by atoms with van der Waals surface area (Å²) in [6.07, 6.45) is 0.913. The highest BCUT2D eigenvalue weighted by atomic mass is 19.1. The molecule has 2 heterocycles. The fourth-order valence-corrected chi connectivity index (χ4v) is 3.95. The van der Waals surface area contributed by atoms with E-state index in [4.69, 9.17) is 0 Å². The summed E-state index contributed by atoms with van der Waals surface area (Å²) in [6.45, 7) is 4.34. The van der Waals surface area contributed by atoms with Gasteiger partial charge in [-0.05, 0) is 36.2 Å².